The molecule has 0 saturated heterocycles. The lowest BCUT2D eigenvalue weighted by Crippen LogP contribution is -2.23. The van der Waals surface area contributed by atoms with Crippen LogP contribution in [-0.2, 0) is 14.6 Å². The minimum atomic E-state index is -3.23. The molecule has 0 radical (unpaired) electrons. The third-order valence-electron chi connectivity index (χ3n) is 2.34. The SMILES string of the molecule is CC.CC(=O)NCCCS(=O)(=O)c1ccc(C)cc1. The molecule has 1 N–H and O–H groups in total. The zero-order chi connectivity index (χ0) is 14.9. The highest BCUT2D eigenvalue weighted by Gasteiger charge is 2.13. The standard InChI is InChI=1S/C12H17NO3S.C2H6/c1-10-4-6-12(7-5-10)17(15,16)9-3-8-13-11(2)14;1-2/h4-7H,3,8-9H2,1-2H3,(H,13,14);1-2H3. The van der Waals surface area contributed by atoms with Gasteiger partial charge >= 0.3 is 0 Å². The van der Waals surface area contributed by atoms with Crippen molar-refractivity contribution in [2.24, 2.45) is 0 Å². The van der Waals surface area contributed by atoms with Crippen molar-refractivity contribution in [3.8, 4) is 0 Å². The summed E-state index contributed by atoms with van der Waals surface area (Å²) in [4.78, 5) is 11.0. The topological polar surface area (TPSA) is 63.2 Å². The molecule has 1 amide bonds. The summed E-state index contributed by atoms with van der Waals surface area (Å²) < 4.78 is 23.8. The van der Waals surface area contributed by atoms with Crippen molar-refractivity contribution < 1.29 is 13.2 Å². The van der Waals surface area contributed by atoms with Crippen LogP contribution in [-0.4, -0.2) is 26.6 Å². The highest BCUT2D eigenvalue weighted by atomic mass is 32.2. The van der Waals surface area contributed by atoms with Crippen molar-refractivity contribution in [1.29, 1.82) is 0 Å². The molecule has 0 atom stereocenters. The summed E-state index contributed by atoms with van der Waals surface area (Å²) in [6.07, 6.45) is 0.426. The molecule has 0 saturated carbocycles. The predicted molar refractivity (Wildman–Crippen MR) is 77.9 cm³/mol. The van der Waals surface area contributed by atoms with E-state index in [1.54, 1.807) is 24.3 Å². The van der Waals surface area contributed by atoms with Crippen LogP contribution in [0.1, 0.15) is 32.8 Å². The van der Waals surface area contributed by atoms with Crippen LogP contribution < -0.4 is 5.32 Å². The number of carbonyl (C=O) groups is 1. The molecule has 19 heavy (non-hydrogen) atoms. The Labute approximate surface area is 116 Å². The molecule has 0 aliphatic heterocycles. The van der Waals surface area contributed by atoms with E-state index in [0.717, 1.165) is 5.56 Å². The van der Waals surface area contributed by atoms with Gasteiger partial charge in [0.15, 0.2) is 9.84 Å². The van der Waals surface area contributed by atoms with E-state index in [2.05, 4.69) is 5.32 Å². The Balaban J connectivity index is 0.00000154. The Bertz CT molecular complexity index is 478. The highest BCUT2D eigenvalue weighted by Crippen LogP contribution is 2.12. The lowest BCUT2D eigenvalue weighted by atomic mass is 10.2. The summed E-state index contributed by atoms with van der Waals surface area (Å²) in [7, 11) is -3.23. The summed E-state index contributed by atoms with van der Waals surface area (Å²) in [5.41, 5.74) is 1.03. The van der Waals surface area contributed by atoms with E-state index < -0.39 is 9.84 Å². The van der Waals surface area contributed by atoms with Crippen LogP contribution in [0.4, 0.5) is 0 Å². The van der Waals surface area contributed by atoms with E-state index in [4.69, 9.17) is 0 Å². The van der Waals surface area contributed by atoms with Crippen molar-refractivity contribution in [3.05, 3.63) is 29.8 Å². The molecule has 0 spiro atoms. The highest BCUT2D eigenvalue weighted by molar-refractivity contribution is 7.91. The second kappa shape index (κ2) is 8.69. The Kier molecular flexibility index (Phi) is 8.07. The normalized spacial score (nSPS) is 10.3. The van der Waals surface area contributed by atoms with E-state index in [1.165, 1.54) is 6.92 Å². The van der Waals surface area contributed by atoms with Crippen molar-refractivity contribution >= 4 is 15.7 Å². The monoisotopic (exact) mass is 285 g/mol. The second-order valence-electron chi connectivity index (χ2n) is 3.97. The number of aryl methyl sites for hydroxylation is 1. The zero-order valence-electron chi connectivity index (χ0n) is 12.1. The first-order valence-electron chi connectivity index (χ1n) is 6.46. The molecular formula is C14H23NO3S. The van der Waals surface area contributed by atoms with Gasteiger partial charge in [0.1, 0.15) is 0 Å². The summed E-state index contributed by atoms with van der Waals surface area (Å²) in [6.45, 7) is 7.71. The van der Waals surface area contributed by atoms with Gasteiger partial charge in [-0.25, -0.2) is 8.42 Å². The van der Waals surface area contributed by atoms with Crippen LogP contribution in [0.3, 0.4) is 0 Å². The fraction of sp³-hybridized carbons (Fsp3) is 0.500. The van der Waals surface area contributed by atoms with Crippen LogP contribution in [0.5, 0.6) is 0 Å². The molecule has 1 aromatic carbocycles. The van der Waals surface area contributed by atoms with E-state index in [1.807, 2.05) is 20.8 Å². The molecular weight excluding hydrogens is 262 g/mol. The maximum atomic E-state index is 11.9. The van der Waals surface area contributed by atoms with Crippen LogP contribution >= 0.6 is 0 Å². The number of hydrogen-bond acceptors (Lipinski definition) is 3. The number of benzene rings is 1. The zero-order valence-corrected chi connectivity index (χ0v) is 12.9. The Morgan fingerprint density at radius 2 is 1.68 bits per heavy atom. The maximum Gasteiger partial charge on any atom is 0.216 e. The lowest BCUT2D eigenvalue weighted by Gasteiger charge is -2.05. The largest absolute Gasteiger partial charge is 0.356 e. The van der Waals surface area contributed by atoms with Crippen molar-refractivity contribution in [1.82, 2.24) is 5.32 Å². The first-order chi connectivity index (χ1) is 8.92. The number of hydrogen-bond donors (Lipinski definition) is 1. The van der Waals surface area contributed by atoms with Crippen molar-refractivity contribution in [3.63, 3.8) is 0 Å². The number of carbonyl (C=O) groups excluding carboxylic acids is 1. The lowest BCUT2D eigenvalue weighted by molar-refractivity contribution is -0.118. The summed E-state index contributed by atoms with van der Waals surface area (Å²) >= 11 is 0. The molecule has 5 heteroatoms. The van der Waals surface area contributed by atoms with Crippen LogP contribution in [0.2, 0.25) is 0 Å². The van der Waals surface area contributed by atoms with Gasteiger partial charge in [0.25, 0.3) is 0 Å². The van der Waals surface area contributed by atoms with Gasteiger partial charge in [-0.2, -0.15) is 0 Å². The third-order valence-corrected chi connectivity index (χ3v) is 4.16. The number of nitrogens with one attached hydrogen (secondary N) is 1. The van der Waals surface area contributed by atoms with Crippen LogP contribution in [0.25, 0.3) is 0 Å². The second-order valence-corrected chi connectivity index (χ2v) is 6.08. The van der Waals surface area contributed by atoms with E-state index in [-0.39, 0.29) is 11.7 Å². The minimum Gasteiger partial charge on any atom is -0.356 e. The van der Waals surface area contributed by atoms with E-state index >= 15 is 0 Å². The molecule has 0 heterocycles. The molecule has 0 fully saturated rings. The average molecular weight is 285 g/mol. The maximum absolute atomic E-state index is 11.9. The van der Waals surface area contributed by atoms with Crippen LogP contribution in [0.15, 0.2) is 29.2 Å². The van der Waals surface area contributed by atoms with Crippen molar-refractivity contribution in [2.75, 3.05) is 12.3 Å². The molecule has 0 unspecified atom stereocenters. The van der Waals surface area contributed by atoms with E-state index in [0.29, 0.717) is 17.9 Å². The molecule has 0 aliphatic rings. The van der Waals surface area contributed by atoms with Gasteiger partial charge in [-0.05, 0) is 25.5 Å². The van der Waals surface area contributed by atoms with E-state index in [9.17, 15) is 13.2 Å². The summed E-state index contributed by atoms with van der Waals surface area (Å²) in [6, 6.07) is 6.79. The van der Waals surface area contributed by atoms with Gasteiger partial charge in [-0.15, -0.1) is 0 Å². The molecule has 0 aliphatic carbocycles. The number of rotatable bonds is 5. The fourth-order valence-corrected chi connectivity index (χ4v) is 2.70. The van der Waals surface area contributed by atoms with Gasteiger partial charge < -0.3 is 5.32 Å². The van der Waals surface area contributed by atoms with Gasteiger partial charge in [0.05, 0.1) is 10.6 Å². The fourth-order valence-electron chi connectivity index (χ4n) is 1.39. The Morgan fingerprint density at radius 3 is 2.16 bits per heavy atom. The quantitative estimate of drug-likeness (QED) is 0.844. The third kappa shape index (κ3) is 6.96. The molecule has 108 valence electrons. The molecule has 0 bridgehead atoms. The molecule has 0 aromatic heterocycles. The van der Waals surface area contributed by atoms with Gasteiger partial charge in [0, 0.05) is 13.5 Å². The molecule has 1 rings (SSSR count). The van der Waals surface area contributed by atoms with Gasteiger partial charge in [-0.3, -0.25) is 4.79 Å². The predicted octanol–water partition coefficient (Wildman–Crippen LogP) is 2.32. The van der Waals surface area contributed by atoms with Crippen LogP contribution in [0, 0.1) is 6.92 Å². The number of sulfone groups is 1. The number of amides is 1. The Hall–Kier alpha value is -1.36. The minimum absolute atomic E-state index is 0.0519. The van der Waals surface area contributed by atoms with Gasteiger partial charge in [0.2, 0.25) is 5.91 Å². The smallest absolute Gasteiger partial charge is 0.216 e. The molecule has 4 nitrogen and oxygen atoms in total. The first kappa shape index (κ1) is 17.6. The average Bonchev–Trinajstić information content (AvgIpc) is 2.37. The Morgan fingerprint density at radius 1 is 1.16 bits per heavy atom. The van der Waals surface area contributed by atoms with Gasteiger partial charge in [-0.1, -0.05) is 31.5 Å². The summed E-state index contributed by atoms with van der Waals surface area (Å²) in [5, 5.41) is 2.58. The molecule has 1 aromatic rings. The first-order valence-corrected chi connectivity index (χ1v) is 8.11. The summed E-state index contributed by atoms with van der Waals surface area (Å²) in [5.74, 6) is -0.0891. The van der Waals surface area contributed by atoms with Crippen molar-refractivity contribution in [2.45, 2.75) is 39.0 Å².